The Bertz CT molecular complexity index is 4240. The Kier molecular flexibility index (Phi) is 10.3. The van der Waals surface area contributed by atoms with Crippen molar-refractivity contribution in [2.45, 2.75) is 30.7 Å². The third-order valence-corrected chi connectivity index (χ3v) is 13.2. The van der Waals surface area contributed by atoms with Gasteiger partial charge in [-0.05, 0) is 24.3 Å². The number of phenolic OH excluding ortho intramolecular Hbond substituents is 16. The van der Waals surface area contributed by atoms with E-state index in [0.717, 1.165) is 0 Å². The van der Waals surface area contributed by atoms with Crippen LogP contribution in [0.1, 0.15) is 41.4 Å². The van der Waals surface area contributed by atoms with Crippen LogP contribution in [0.15, 0.2) is 42.7 Å². The molecule has 8 aromatic rings. The minimum atomic E-state index is -2.70. The highest BCUT2D eigenvalue weighted by molar-refractivity contribution is 6.29. The summed E-state index contributed by atoms with van der Waals surface area (Å²) in [7, 11) is 0. The lowest BCUT2D eigenvalue weighted by Gasteiger charge is -2.43. The molecule has 6 aromatic carbocycles. The van der Waals surface area contributed by atoms with E-state index in [2.05, 4.69) is 0 Å². The number of aliphatic hydroxyl groups excluding tert-OH is 1. The van der Waals surface area contributed by atoms with Crippen molar-refractivity contribution in [3.63, 3.8) is 0 Å². The van der Waals surface area contributed by atoms with Gasteiger partial charge in [-0.25, -0.2) is 28.8 Å². The number of aromatic hydroxyl groups is 16. The van der Waals surface area contributed by atoms with Crippen LogP contribution in [0.2, 0.25) is 0 Å². The van der Waals surface area contributed by atoms with E-state index >= 15 is 0 Å². The molecular formula is C48H28O30. The van der Waals surface area contributed by atoms with Gasteiger partial charge in [-0.2, -0.15) is 0 Å². The van der Waals surface area contributed by atoms with Crippen LogP contribution in [-0.2, 0) is 23.7 Å². The molecule has 0 aliphatic carbocycles. The molecule has 2 aromatic heterocycles. The first-order valence-electron chi connectivity index (χ1n) is 21.7. The van der Waals surface area contributed by atoms with Crippen LogP contribution in [0.4, 0.5) is 0 Å². The van der Waals surface area contributed by atoms with Crippen LogP contribution in [0.5, 0.6) is 92.0 Å². The molecule has 0 amide bonds. The largest absolute Gasteiger partial charge is 0.504 e. The molecular weight excluding hydrogens is 1060 g/mol. The van der Waals surface area contributed by atoms with Gasteiger partial charge in [0, 0.05) is 44.2 Å². The number of cyclic esters (lactones) is 1. The fourth-order valence-corrected chi connectivity index (χ4v) is 9.72. The highest BCUT2D eigenvalue weighted by atomic mass is 16.7. The maximum absolute atomic E-state index is 15.0. The van der Waals surface area contributed by atoms with Crippen LogP contribution in [0.3, 0.4) is 0 Å². The topological polar surface area (TPSA) is 519 Å². The lowest BCUT2D eigenvalue weighted by molar-refractivity contribution is -0.284. The molecule has 1 saturated heterocycles. The number of hydrogen-bond acceptors (Lipinski definition) is 30. The molecule has 2 unspecified atom stereocenters. The minimum Gasteiger partial charge on any atom is -0.504 e. The van der Waals surface area contributed by atoms with Gasteiger partial charge in [0.25, 0.3) is 0 Å². The van der Waals surface area contributed by atoms with Gasteiger partial charge < -0.3 is 119 Å². The van der Waals surface area contributed by atoms with Crippen LogP contribution < -0.4 is 11.3 Å². The van der Waals surface area contributed by atoms with Crippen LogP contribution in [-0.4, -0.2) is 148 Å². The predicted octanol–water partition coefficient (Wildman–Crippen LogP) is 1.96. The molecule has 3 aliphatic rings. The van der Waals surface area contributed by atoms with Gasteiger partial charge in [0.2, 0.25) is 34.5 Å². The van der Waals surface area contributed by atoms with Crippen molar-refractivity contribution in [2.75, 3.05) is 6.61 Å². The molecule has 11 rings (SSSR count). The molecule has 6 bridgehead atoms. The summed E-state index contributed by atoms with van der Waals surface area (Å²) in [6.07, 6.45) is -12.9. The molecule has 5 atom stereocenters. The van der Waals surface area contributed by atoms with E-state index in [1.807, 2.05) is 0 Å². The molecule has 30 heteroatoms. The molecule has 17 N–H and O–H groups in total. The van der Waals surface area contributed by atoms with Crippen molar-refractivity contribution >= 4 is 56.6 Å². The number of carbonyl (C=O) groups excluding carboxylic acids is 4. The zero-order valence-corrected chi connectivity index (χ0v) is 37.8. The van der Waals surface area contributed by atoms with Crippen LogP contribution in [0.25, 0.3) is 66.1 Å². The molecule has 1 fully saturated rings. The number of benzene rings is 6. The number of hydrogen-bond donors (Lipinski definition) is 17. The summed E-state index contributed by atoms with van der Waals surface area (Å²) >= 11 is 0. The number of carbonyl (C=O) groups is 4. The molecule has 400 valence electrons. The second kappa shape index (κ2) is 16.4. The molecule has 0 saturated carbocycles. The van der Waals surface area contributed by atoms with E-state index in [0.29, 0.717) is 24.3 Å². The van der Waals surface area contributed by atoms with Crippen LogP contribution in [0, 0.1) is 0 Å². The smallest absolute Gasteiger partial charge is 0.345 e. The number of esters is 4. The molecule has 0 radical (unpaired) electrons. The van der Waals surface area contributed by atoms with Crippen molar-refractivity contribution in [3.05, 3.63) is 67.4 Å². The third-order valence-electron chi connectivity index (χ3n) is 13.2. The minimum absolute atomic E-state index is 0.293. The van der Waals surface area contributed by atoms with E-state index < -0.39 is 253 Å². The average molecular weight is 1080 g/mol. The summed E-state index contributed by atoms with van der Waals surface area (Å²) in [5.74, 6) is -31.1. The lowest BCUT2D eigenvalue weighted by atomic mass is 9.88. The number of phenols is 16. The summed E-state index contributed by atoms with van der Waals surface area (Å²) in [6, 6.07) is 1.42. The van der Waals surface area contributed by atoms with Gasteiger partial charge in [-0.3, -0.25) is 0 Å². The summed E-state index contributed by atoms with van der Waals surface area (Å²) in [5.41, 5.74) is -17.8. The lowest BCUT2D eigenvalue weighted by Crippen LogP contribution is -2.62. The summed E-state index contributed by atoms with van der Waals surface area (Å²) in [5, 5.41) is 185. The SMILES string of the molecule is O=C1OC2[C@H](O)OC3COC(=O)c4cc(O)c(O)c(O)c4-c4c(O)c(O)c5oc(=O)c6c(c(O)c(O)c7oc(=O)c4c5c76)-c4c(cc(O)c(O)c4O)C(=O)O[C@H]3[C@H]2OC(=O)c2cc(O)c(O)c(O)c2-c2c1cc(O)c(O)c2O. The normalized spacial score (nSPS) is 19.3. The Balaban J connectivity index is 1.22. The monoisotopic (exact) mass is 1080 g/mol. The van der Waals surface area contributed by atoms with Crippen LogP contribution >= 0.6 is 0 Å². The Morgan fingerprint density at radius 3 is 1.03 bits per heavy atom. The van der Waals surface area contributed by atoms with Crippen molar-refractivity contribution in [1.82, 2.24) is 0 Å². The Morgan fingerprint density at radius 1 is 0.346 bits per heavy atom. The number of fused-ring (bicyclic) bond motifs is 10. The first kappa shape index (κ1) is 49.1. The van der Waals surface area contributed by atoms with E-state index in [4.69, 9.17) is 32.5 Å². The van der Waals surface area contributed by atoms with Crippen molar-refractivity contribution < 1.29 is 139 Å². The molecule has 0 spiro atoms. The highest BCUT2D eigenvalue weighted by Gasteiger charge is 2.54. The predicted molar refractivity (Wildman–Crippen MR) is 245 cm³/mol. The zero-order chi connectivity index (χ0) is 56.3. The molecule has 5 heterocycles. The van der Waals surface area contributed by atoms with Crippen molar-refractivity contribution in [2.24, 2.45) is 0 Å². The van der Waals surface area contributed by atoms with Gasteiger partial charge >= 0.3 is 35.1 Å². The van der Waals surface area contributed by atoms with Gasteiger partial charge in [0.15, 0.2) is 93.3 Å². The van der Waals surface area contributed by atoms with E-state index in [1.54, 1.807) is 0 Å². The second-order valence-corrected chi connectivity index (χ2v) is 17.4. The van der Waals surface area contributed by atoms with E-state index in [1.165, 1.54) is 0 Å². The second-order valence-electron chi connectivity index (χ2n) is 17.4. The first-order valence-corrected chi connectivity index (χ1v) is 21.7. The van der Waals surface area contributed by atoms with E-state index in [-0.39, 0.29) is 0 Å². The summed E-state index contributed by atoms with van der Waals surface area (Å²) in [6.45, 7) is -1.46. The van der Waals surface area contributed by atoms with Gasteiger partial charge in [0.05, 0.1) is 33.0 Å². The van der Waals surface area contributed by atoms with Crippen molar-refractivity contribution in [1.29, 1.82) is 0 Å². The average Bonchev–Trinajstić information content (AvgIpc) is 2.96. The summed E-state index contributed by atoms with van der Waals surface area (Å²) < 4.78 is 38.5. The fraction of sp³-hybridized carbons (Fsp3) is 0.125. The molecule has 3 aliphatic heterocycles. The Hall–Kier alpha value is -11.1. The molecule has 30 nitrogen and oxygen atoms in total. The third kappa shape index (κ3) is 6.49. The summed E-state index contributed by atoms with van der Waals surface area (Å²) in [4.78, 5) is 86.6. The molecule has 78 heavy (non-hydrogen) atoms. The number of aliphatic hydroxyl groups is 1. The number of rotatable bonds is 0. The van der Waals surface area contributed by atoms with E-state index in [9.17, 15) is 116 Å². The fourth-order valence-electron chi connectivity index (χ4n) is 9.72. The first-order chi connectivity index (χ1) is 36.8. The van der Waals surface area contributed by atoms with Crippen molar-refractivity contribution in [3.8, 4) is 125 Å². The highest BCUT2D eigenvalue weighted by Crippen LogP contribution is 2.59. The zero-order valence-electron chi connectivity index (χ0n) is 37.8. The maximum Gasteiger partial charge on any atom is 0.345 e. The maximum atomic E-state index is 15.0. The standard InChI is InChI=1S/C48H28O30/c49-10-1-6-17(31(59)27(10)55)19-23-21-22-24(47(70)76-38(21)35(63)33(19)61)20(34(62)36(64)39(22)75-46(23)69)18-9(4-13(52)28(56)32(18)60)43(66)74-37-14(5-72-42(6)65)73-48(71)41-40(37)77-44(67)7-2-11(50)25(53)29(57)15(7)16-8(45(68)78-41)3-12(51)26(54)30(16)58/h1-4,14,37,40-41,48-64,71H,5H2/t14?,37-,40-,41?,48-/m1/s1. The van der Waals surface area contributed by atoms with Gasteiger partial charge in [-0.15, -0.1) is 0 Å². The quantitative estimate of drug-likeness (QED) is 0.0339. The van der Waals surface area contributed by atoms with Gasteiger partial charge in [-0.1, -0.05) is 0 Å². The Morgan fingerprint density at radius 2 is 0.654 bits per heavy atom. The van der Waals surface area contributed by atoms with Gasteiger partial charge in [0.1, 0.15) is 12.7 Å². The Labute approximate surface area is 424 Å². The number of ether oxygens (including phenoxy) is 5.